The van der Waals surface area contributed by atoms with Crippen LogP contribution in [0.4, 0.5) is 19.0 Å². The highest BCUT2D eigenvalue weighted by Gasteiger charge is 2.41. The van der Waals surface area contributed by atoms with E-state index < -0.39 is 27.8 Å². The summed E-state index contributed by atoms with van der Waals surface area (Å²) < 4.78 is 69.8. The van der Waals surface area contributed by atoms with Crippen LogP contribution < -0.4 is 15.4 Å². The molecule has 2 saturated carbocycles. The molecule has 2 aromatic rings. The molecule has 14 heteroatoms. The molecule has 4 rings (SSSR count). The Bertz CT molecular complexity index is 1350. The predicted octanol–water partition coefficient (Wildman–Crippen LogP) is 5.74. The first kappa shape index (κ1) is 32.4. The Morgan fingerprint density at radius 1 is 1.10 bits per heavy atom. The summed E-state index contributed by atoms with van der Waals surface area (Å²) in [5, 5.41) is 10.4. The van der Waals surface area contributed by atoms with Gasteiger partial charge in [0.2, 0.25) is 0 Å². The summed E-state index contributed by atoms with van der Waals surface area (Å²) in [5.41, 5.74) is 1.11. The Hall–Kier alpha value is -2.54. The van der Waals surface area contributed by atoms with Gasteiger partial charge in [0.1, 0.15) is 21.4 Å². The lowest BCUT2D eigenvalue weighted by Gasteiger charge is -2.30. The maximum absolute atomic E-state index is 13.1. The number of hydrogen-bond acceptors (Lipinski definition) is 7. The average Bonchev–Trinajstić information content (AvgIpc) is 3.30. The molecule has 234 valence electrons. The van der Waals surface area contributed by atoms with Gasteiger partial charge in [-0.25, -0.2) is 13.4 Å². The number of carbonyl (C=O) groups is 1. The number of anilines is 1. The van der Waals surface area contributed by atoms with Crippen molar-refractivity contribution >= 4 is 33.2 Å². The maximum atomic E-state index is 13.1. The highest BCUT2D eigenvalue weighted by molar-refractivity contribution is 7.91. The van der Waals surface area contributed by atoms with Crippen molar-refractivity contribution in [3.63, 3.8) is 0 Å². The molecular formula is C28H39ClF3N5O4S. The molecule has 2 aliphatic rings. The van der Waals surface area contributed by atoms with Crippen LogP contribution in [0.2, 0.25) is 5.02 Å². The van der Waals surface area contributed by atoms with E-state index in [0.29, 0.717) is 68.1 Å². The van der Waals surface area contributed by atoms with Gasteiger partial charge >= 0.3 is 6.18 Å². The molecule has 2 aromatic heterocycles. The number of amides is 1. The number of hydrogen-bond donors (Lipinski definition) is 2. The number of rotatable bonds is 10. The van der Waals surface area contributed by atoms with Crippen LogP contribution in [0.1, 0.15) is 68.8 Å². The molecule has 42 heavy (non-hydrogen) atoms. The van der Waals surface area contributed by atoms with Gasteiger partial charge in [0.05, 0.1) is 34.6 Å². The lowest BCUT2D eigenvalue weighted by atomic mass is 9.81. The quantitative estimate of drug-likeness (QED) is 0.343. The van der Waals surface area contributed by atoms with Crippen LogP contribution in [0.3, 0.4) is 0 Å². The minimum absolute atomic E-state index is 0.0806. The third kappa shape index (κ3) is 7.69. The van der Waals surface area contributed by atoms with Crippen molar-refractivity contribution in [3.05, 3.63) is 23.0 Å². The topological polar surface area (TPSA) is 115 Å². The number of sulfone groups is 1. The lowest BCUT2D eigenvalue weighted by Crippen LogP contribution is -2.34. The van der Waals surface area contributed by atoms with Gasteiger partial charge in [0, 0.05) is 38.2 Å². The van der Waals surface area contributed by atoms with E-state index in [1.165, 1.54) is 13.4 Å². The molecule has 0 atom stereocenters. The third-order valence-electron chi connectivity index (χ3n) is 8.58. The van der Waals surface area contributed by atoms with Crippen molar-refractivity contribution < 1.29 is 31.1 Å². The van der Waals surface area contributed by atoms with Crippen molar-refractivity contribution in [2.45, 2.75) is 76.3 Å². The van der Waals surface area contributed by atoms with Gasteiger partial charge in [-0.2, -0.15) is 18.3 Å². The molecular weight excluding hydrogens is 595 g/mol. The summed E-state index contributed by atoms with van der Waals surface area (Å²) in [6, 6.07) is 1.70. The summed E-state index contributed by atoms with van der Waals surface area (Å²) in [6.07, 6.45) is 2.64. The minimum atomic E-state index is -4.13. The number of aryl methyl sites for hydroxylation is 1. The number of nitrogens with one attached hydrogen (secondary N) is 2. The van der Waals surface area contributed by atoms with Crippen molar-refractivity contribution in [1.29, 1.82) is 0 Å². The number of methoxy groups -OCH3 is 1. The standard InChI is InChI=1S/C28H39ClF3N5O4S/c1-4-37-26(24(29)25(36-37)27(38)35-15-18-7-11-20(12-8-18)42(3,39)40)21-16-34-23(13-22(21)41-2)33-14-17-5-9-19(10-6-17)28(30,31)32/h13,16-20H,4-12,14-15H2,1-3H3,(H,33,34)(H,35,38)/t17-,18-,19-,20+. The molecule has 0 aliphatic heterocycles. The molecule has 1 amide bonds. The number of pyridine rings is 1. The Morgan fingerprint density at radius 3 is 2.29 bits per heavy atom. The largest absolute Gasteiger partial charge is 0.496 e. The Kier molecular flexibility index (Phi) is 10.3. The first-order valence-electron chi connectivity index (χ1n) is 14.4. The first-order chi connectivity index (χ1) is 19.8. The van der Waals surface area contributed by atoms with Crippen LogP contribution in [0.15, 0.2) is 12.3 Å². The summed E-state index contributed by atoms with van der Waals surface area (Å²) in [7, 11) is -1.55. The molecule has 0 unspecified atom stereocenters. The maximum Gasteiger partial charge on any atom is 0.391 e. The summed E-state index contributed by atoms with van der Waals surface area (Å²) in [6.45, 7) is 3.22. The van der Waals surface area contributed by atoms with Crippen molar-refractivity contribution in [2.24, 2.45) is 17.8 Å². The molecule has 2 N–H and O–H groups in total. The second-order valence-corrected chi connectivity index (χ2v) is 14.1. The zero-order valence-electron chi connectivity index (χ0n) is 24.1. The number of halogens is 4. The smallest absolute Gasteiger partial charge is 0.391 e. The Labute approximate surface area is 249 Å². The monoisotopic (exact) mass is 633 g/mol. The molecule has 0 aromatic carbocycles. The molecule has 2 aliphatic carbocycles. The van der Waals surface area contributed by atoms with Crippen molar-refractivity contribution in [1.82, 2.24) is 20.1 Å². The normalized spacial score (nSPS) is 23.4. The first-order valence-corrected chi connectivity index (χ1v) is 16.7. The highest BCUT2D eigenvalue weighted by Crippen LogP contribution is 2.40. The van der Waals surface area contributed by atoms with Crippen LogP contribution in [0, 0.1) is 17.8 Å². The fourth-order valence-corrected chi connectivity index (χ4v) is 7.43. The van der Waals surface area contributed by atoms with Gasteiger partial charge in [-0.3, -0.25) is 9.48 Å². The number of nitrogens with zero attached hydrogens (tertiary/aromatic N) is 3. The average molecular weight is 634 g/mol. The third-order valence-corrected chi connectivity index (χ3v) is 10.6. The van der Waals surface area contributed by atoms with Crippen LogP contribution in [0.25, 0.3) is 11.3 Å². The van der Waals surface area contributed by atoms with Gasteiger partial charge in [-0.15, -0.1) is 0 Å². The van der Waals surface area contributed by atoms with Crippen molar-refractivity contribution in [3.8, 4) is 17.0 Å². The predicted molar refractivity (Wildman–Crippen MR) is 156 cm³/mol. The van der Waals surface area contributed by atoms with E-state index in [0.717, 1.165) is 12.8 Å². The van der Waals surface area contributed by atoms with Crippen molar-refractivity contribution in [2.75, 3.05) is 31.8 Å². The minimum Gasteiger partial charge on any atom is -0.496 e. The van der Waals surface area contributed by atoms with E-state index in [2.05, 4.69) is 20.7 Å². The summed E-state index contributed by atoms with van der Waals surface area (Å²) >= 11 is 6.71. The molecule has 9 nitrogen and oxygen atoms in total. The van der Waals surface area contributed by atoms with E-state index in [1.807, 2.05) is 6.92 Å². The number of alkyl halides is 3. The highest BCUT2D eigenvalue weighted by atomic mass is 35.5. The lowest BCUT2D eigenvalue weighted by molar-refractivity contribution is -0.183. The van der Waals surface area contributed by atoms with Crippen LogP contribution in [-0.2, 0) is 16.4 Å². The van der Waals surface area contributed by atoms with Gasteiger partial charge in [0.25, 0.3) is 5.91 Å². The fraction of sp³-hybridized carbons (Fsp3) is 0.679. The number of carbonyl (C=O) groups excluding carboxylic acids is 1. The molecule has 0 radical (unpaired) electrons. The zero-order valence-corrected chi connectivity index (χ0v) is 25.7. The molecule has 0 spiro atoms. The van der Waals surface area contributed by atoms with E-state index in [4.69, 9.17) is 16.3 Å². The van der Waals surface area contributed by atoms with E-state index in [9.17, 15) is 26.4 Å². The van der Waals surface area contributed by atoms with Gasteiger partial charge < -0.3 is 15.4 Å². The Morgan fingerprint density at radius 2 is 1.71 bits per heavy atom. The van der Waals surface area contributed by atoms with Crippen LogP contribution in [-0.4, -0.2) is 67.0 Å². The SMILES string of the molecule is CCn1nc(C(=O)NC[C@H]2CC[C@@H](S(C)(=O)=O)CC2)c(Cl)c1-c1cnc(NC[C@H]2CC[C@H](C(F)(F)F)CC2)cc1OC. The van der Waals surface area contributed by atoms with Gasteiger partial charge in [-0.1, -0.05) is 11.6 Å². The summed E-state index contributed by atoms with van der Waals surface area (Å²) in [5.74, 6) is -0.335. The molecule has 2 heterocycles. The van der Waals surface area contributed by atoms with E-state index >= 15 is 0 Å². The second kappa shape index (κ2) is 13.4. The van der Waals surface area contributed by atoms with Crippen LogP contribution in [0.5, 0.6) is 5.75 Å². The summed E-state index contributed by atoms with van der Waals surface area (Å²) in [4.78, 5) is 17.6. The Balaban J connectivity index is 1.40. The molecule has 0 saturated heterocycles. The number of ether oxygens (including phenoxy) is 1. The van der Waals surface area contributed by atoms with E-state index in [-0.39, 0.29) is 40.6 Å². The molecule has 2 fully saturated rings. The number of aromatic nitrogens is 3. The zero-order chi connectivity index (χ0) is 30.7. The van der Waals surface area contributed by atoms with Gasteiger partial charge in [0.15, 0.2) is 5.69 Å². The second-order valence-electron chi connectivity index (χ2n) is 11.4. The van der Waals surface area contributed by atoms with Crippen LogP contribution >= 0.6 is 11.6 Å². The molecule has 0 bridgehead atoms. The van der Waals surface area contributed by atoms with Gasteiger partial charge in [-0.05, 0) is 70.1 Å². The fourth-order valence-electron chi connectivity index (χ4n) is 5.98. The van der Waals surface area contributed by atoms with E-state index in [1.54, 1.807) is 16.9 Å².